The van der Waals surface area contributed by atoms with E-state index < -0.39 is 26.5 Å². The molecule has 2 aliphatic carbocycles. The summed E-state index contributed by atoms with van der Waals surface area (Å²) in [6, 6.07) is 0. The molecule has 2 fully saturated rings. The SMILES string of the molecule is CC(C)(C)OC(=O)NS(=O)(=O)C1(CC2CCC2)CC1. The normalized spacial score (nSPS) is 22.5. The predicted octanol–water partition coefficient (Wildman–Crippen LogP) is 2.56. The molecule has 0 heterocycles. The van der Waals surface area contributed by atoms with E-state index in [1.165, 1.54) is 6.42 Å². The van der Waals surface area contributed by atoms with E-state index in [2.05, 4.69) is 4.72 Å². The van der Waals surface area contributed by atoms with Gasteiger partial charge in [-0.15, -0.1) is 0 Å². The first kappa shape index (κ1) is 14.6. The highest BCUT2D eigenvalue weighted by atomic mass is 32.2. The highest BCUT2D eigenvalue weighted by molar-refractivity contribution is 7.91. The number of nitrogens with one attached hydrogen (secondary N) is 1. The Labute approximate surface area is 115 Å². The van der Waals surface area contributed by atoms with Crippen molar-refractivity contribution in [3.8, 4) is 0 Å². The van der Waals surface area contributed by atoms with Crippen molar-refractivity contribution in [2.75, 3.05) is 0 Å². The zero-order valence-electron chi connectivity index (χ0n) is 11.9. The molecule has 2 aliphatic rings. The first-order chi connectivity index (χ1) is 8.64. The number of sulfonamides is 1. The van der Waals surface area contributed by atoms with Crippen LogP contribution >= 0.6 is 0 Å². The van der Waals surface area contributed by atoms with Crippen molar-refractivity contribution >= 4 is 16.1 Å². The lowest BCUT2D eigenvalue weighted by atomic mass is 9.81. The van der Waals surface area contributed by atoms with Gasteiger partial charge in [-0.25, -0.2) is 17.9 Å². The Bertz CT molecular complexity index is 456. The number of carbonyl (C=O) groups excluding carboxylic acids is 1. The molecular weight excluding hydrogens is 266 g/mol. The molecule has 110 valence electrons. The van der Waals surface area contributed by atoms with E-state index in [-0.39, 0.29) is 0 Å². The largest absolute Gasteiger partial charge is 0.443 e. The van der Waals surface area contributed by atoms with Gasteiger partial charge in [0.25, 0.3) is 0 Å². The first-order valence-electron chi connectivity index (χ1n) is 6.89. The Morgan fingerprint density at radius 2 is 1.89 bits per heavy atom. The molecule has 0 aromatic rings. The van der Waals surface area contributed by atoms with Gasteiger partial charge in [0, 0.05) is 0 Å². The summed E-state index contributed by atoms with van der Waals surface area (Å²) in [7, 11) is -3.62. The van der Waals surface area contributed by atoms with E-state index >= 15 is 0 Å². The standard InChI is InChI=1S/C13H23NO4S/c1-12(2,3)18-11(15)14-19(16,17)13(7-8-13)9-10-5-4-6-10/h10H,4-9H2,1-3H3,(H,14,15). The van der Waals surface area contributed by atoms with Gasteiger partial charge in [0.05, 0.1) is 4.75 Å². The van der Waals surface area contributed by atoms with Crippen LogP contribution in [0, 0.1) is 5.92 Å². The molecule has 0 aromatic heterocycles. The van der Waals surface area contributed by atoms with Crippen LogP contribution in [0.3, 0.4) is 0 Å². The second-order valence-electron chi connectivity index (χ2n) is 6.79. The quantitative estimate of drug-likeness (QED) is 0.863. The van der Waals surface area contributed by atoms with Crippen LogP contribution in [0.5, 0.6) is 0 Å². The molecular formula is C13H23NO4S. The zero-order chi connectivity index (χ0) is 14.3. The minimum Gasteiger partial charge on any atom is -0.443 e. The van der Waals surface area contributed by atoms with Gasteiger partial charge in [-0.05, 0) is 46.0 Å². The molecule has 2 rings (SSSR count). The fourth-order valence-corrected chi connectivity index (χ4v) is 4.03. The van der Waals surface area contributed by atoms with Gasteiger partial charge < -0.3 is 4.74 Å². The second-order valence-corrected chi connectivity index (χ2v) is 8.87. The summed E-state index contributed by atoms with van der Waals surface area (Å²) in [5.74, 6) is 0.512. The van der Waals surface area contributed by atoms with Crippen LogP contribution in [-0.2, 0) is 14.8 Å². The Morgan fingerprint density at radius 3 is 2.26 bits per heavy atom. The maximum Gasteiger partial charge on any atom is 0.421 e. The topological polar surface area (TPSA) is 72.5 Å². The Hall–Kier alpha value is -0.780. The molecule has 5 nitrogen and oxygen atoms in total. The molecule has 0 radical (unpaired) electrons. The van der Waals surface area contributed by atoms with Gasteiger partial charge in [0.2, 0.25) is 10.0 Å². The van der Waals surface area contributed by atoms with Gasteiger partial charge in [0.1, 0.15) is 5.60 Å². The lowest BCUT2D eigenvalue weighted by Gasteiger charge is -2.29. The van der Waals surface area contributed by atoms with E-state index in [0.29, 0.717) is 25.2 Å². The minimum atomic E-state index is -3.62. The van der Waals surface area contributed by atoms with Crippen LogP contribution < -0.4 is 4.72 Å². The molecule has 6 heteroatoms. The average Bonchev–Trinajstić information content (AvgIpc) is 2.87. The molecule has 19 heavy (non-hydrogen) atoms. The first-order valence-corrected chi connectivity index (χ1v) is 8.37. The summed E-state index contributed by atoms with van der Waals surface area (Å²) in [4.78, 5) is 11.6. The molecule has 0 aromatic carbocycles. The van der Waals surface area contributed by atoms with Crippen molar-refractivity contribution in [2.24, 2.45) is 5.92 Å². The zero-order valence-corrected chi connectivity index (χ0v) is 12.7. The van der Waals surface area contributed by atoms with Gasteiger partial charge in [-0.1, -0.05) is 19.3 Å². The Morgan fingerprint density at radius 1 is 1.32 bits per heavy atom. The third kappa shape index (κ3) is 3.41. The molecule has 1 N–H and O–H groups in total. The third-order valence-corrected chi connectivity index (χ3v) is 6.03. The highest BCUT2D eigenvalue weighted by Crippen LogP contribution is 2.51. The fraction of sp³-hybridized carbons (Fsp3) is 0.923. The number of amides is 1. The maximum absolute atomic E-state index is 12.3. The molecule has 0 unspecified atom stereocenters. The molecule has 1 amide bonds. The van der Waals surface area contributed by atoms with Crippen molar-refractivity contribution in [1.29, 1.82) is 0 Å². The number of hydrogen-bond donors (Lipinski definition) is 1. The van der Waals surface area contributed by atoms with Gasteiger partial charge in [0.15, 0.2) is 0 Å². The van der Waals surface area contributed by atoms with Crippen molar-refractivity contribution in [3.05, 3.63) is 0 Å². The molecule has 0 aliphatic heterocycles. The Balaban J connectivity index is 1.96. The number of carbonyl (C=O) groups is 1. The number of rotatable bonds is 4. The lowest BCUT2D eigenvalue weighted by Crippen LogP contribution is -2.43. The molecule has 0 bridgehead atoms. The van der Waals surface area contributed by atoms with Crippen LogP contribution in [0.15, 0.2) is 0 Å². The van der Waals surface area contributed by atoms with Crippen LogP contribution in [0.4, 0.5) is 4.79 Å². The molecule has 0 atom stereocenters. The smallest absolute Gasteiger partial charge is 0.421 e. The third-order valence-electron chi connectivity index (χ3n) is 3.88. The summed E-state index contributed by atoms with van der Waals surface area (Å²) in [5, 5.41) is 0. The van der Waals surface area contributed by atoms with Crippen LogP contribution in [0.25, 0.3) is 0 Å². The predicted molar refractivity (Wildman–Crippen MR) is 72.2 cm³/mol. The van der Waals surface area contributed by atoms with E-state index in [1.54, 1.807) is 20.8 Å². The minimum absolute atomic E-state index is 0.512. The summed E-state index contributed by atoms with van der Waals surface area (Å²) in [5.41, 5.74) is -0.690. The van der Waals surface area contributed by atoms with Crippen molar-refractivity contribution in [1.82, 2.24) is 4.72 Å². The van der Waals surface area contributed by atoms with E-state index in [4.69, 9.17) is 4.74 Å². The summed E-state index contributed by atoms with van der Waals surface area (Å²) in [6.07, 6.45) is 4.55. The van der Waals surface area contributed by atoms with Crippen molar-refractivity contribution in [3.63, 3.8) is 0 Å². The highest BCUT2D eigenvalue weighted by Gasteiger charge is 2.56. The van der Waals surface area contributed by atoms with Gasteiger partial charge in [-0.3, -0.25) is 0 Å². The summed E-state index contributed by atoms with van der Waals surface area (Å²) in [6.45, 7) is 5.13. The Kier molecular flexibility index (Phi) is 3.58. The van der Waals surface area contributed by atoms with E-state index in [1.807, 2.05) is 0 Å². The summed E-state index contributed by atoms with van der Waals surface area (Å²) < 4.78 is 30.9. The molecule has 0 saturated heterocycles. The monoisotopic (exact) mass is 289 g/mol. The average molecular weight is 289 g/mol. The van der Waals surface area contributed by atoms with Crippen molar-refractivity contribution < 1.29 is 17.9 Å². The van der Waals surface area contributed by atoms with E-state index in [9.17, 15) is 13.2 Å². The number of ether oxygens (including phenoxy) is 1. The second kappa shape index (κ2) is 4.65. The van der Waals surface area contributed by atoms with Crippen LogP contribution in [0.2, 0.25) is 0 Å². The maximum atomic E-state index is 12.3. The molecule has 2 saturated carbocycles. The van der Waals surface area contributed by atoms with Crippen LogP contribution in [0.1, 0.15) is 59.3 Å². The lowest BCUT2D eigenvalue weighted by molar-refractivity contribution is 0.0569. The number of hydrogen-bond acceptors (Lipinski definition) is 4. The van der Waals surface area contributed by atoms with Crippen molar-refractivity contribution in [2.45, 2.75) is 69.6 Å². The summed E-state index contributed by atoms with van der Waals surface area (Å²) >= 11 is 0. The van der Waals surface area contributed by atoms with Crippen LogP contribution in [-0.4, -0.2) is 24.9 Å². The van der Waals surface area contributed by atoms with Gasteiger partial charge in [-0.2, -0.15) is 0 Å². The molecule has 0 spiro atoms. The van der Waals surface area contributed by atoms with E-state index in [0.717, 1.165) is 12.8 Å². The van der Waals surface area contributed by atoms with Gasteiger partial charge >= 0.3 is 6.09 Å². The fourth-order valence-electron chi connectivity index (χ4n) is 2.46.